The number of anilines is 2. The summed E-state index contributed by atoms with van der Waals surface area (Å²) in [5, 5.41) is 7.32. The molecule has 9 nitrogen and oxygen atoms in total. The van der Waals surface area contributed by atoms with Crippen LogP contribution >= 0.6 is 11.6 Å². The van der Waals surface area contributed by atoms with Gasteiger partial charge in [0.15, 0.2) is 0 Å². The van der Waals surface area contributed by atoms with Gasteiger partial charge in [0.05, 0.1) is 12.1 Å². The van der Waals surface area contributed by atoms with Crippen LogP contribution in [-0.4, -0.2) is 45.3 Å². The van der Waals surface area contributed by atoms with Gasteiger partial charge < -0.3 is 15.0 Å². The number of rotatable bonds is 5. The van der Waals surface area contributed by atoms with Gasteiger partial charge in [-0.3, -0.25) is 4.79 Å². The SMILES string of the molecule is COc1ccc(NC(=O)Cn2nc3nc(N4CCCC(C)C4)ccn3c2=O)cc1Cl. The zero-order chi connectivity index (χ0) is 21.3. The predicted octanol–water partition coefficient (Wildman–Crippen LogP) is 2.43. The molecule has 0 radical (unpaired) electrons. The topological polar surface area (TPSA) is 93.8 Å². The van der Waals surface area contributed by atoms with Crippen LogP contribution in [0.2, 0.25) is 5.02 Å². The summed E-state index contributed by atoms with van der Waals surface area (Å²) >= 11 is 6.08. The number of nitrogens with zero attached hydrogens (tertiary/aromatic N) is 5. The number of halogens is 1. The Hall–Kier alpha value is -3.07. The Labute approximate surface area is 178 Å². The molecule has 1 N–H and O–H groups in total. The fraction of sp³-hybridized carbons (Fsp3) is 0.400. The van der Waals surface area contributed by atoms with Gasteiger partial charge in [0.2, 0.25) is 5.91 Å². The van der Waals surface area contributed by atoms with Gasteiger partial charge in [0, 0.05) is 25.0 Å². The second-order valence-electron chi connectivity index (χ2n) is 7.49. The van der Waals surface area contributed by atoms with Crippen molar-refractivity contribution in [3.05, 3.63) is 46.0 Å². The first-order valence-electron chi connectivity index (χ1n) is 9.79. The van der Waals surface area contributed by atoms with E-state index in [4.69, 9.17) is 16.3 Å². The van der Waals surface area contributed by atoms with Gasteiger partial charge >= 0.3 is 5.69 Å². The fourth-order valence-electron chi connectivity index (χ4n) is 3.65. The van der Waals surface area contributed by atoms with Crippen LogP contribution in [0, 0.1) is 5.92 Å². The third kappa shape index (κ3) is 4.11. The number of piperidine rings is 1. The molecule has 0 spiro atoms. The summed E-state index contributed by atoms with van der Waals surface area (Å²) in [4.78, 5) is 31.7. The summed E-state index contributed by atoms with van der Waals surface area (Å²) in [6.07, 6.45) is 3.98. The van der Waals surface area contributed by atoms with E-state index in [0.717, 1.165) is 30.0 Å². The lowest BCUT2D eigenvalue weighted by Gasteiger charge is -2.31. The normalized spacial score (nSPS) is 16.6. The third-order valence-corrected chi connectivity index (χ3v) is 5.45. The summed E-state index contributed by atoms with van der Waals surface area (Å²) in [5.41, 5.74) is 0.0845. The number of carbonyl (C=O) groups excluding carboxylic acids is 1. The Balaban J connectivity index is 1.51. The molecule has 1 aliphatic heterocycles. The van der Waals surface area contributed by atoms with Crippen LogP contribution in [0.3, 0.4) is 0 Å². The van der Waals surface area contributed by atoms with Crippen LogP contribution in [0.5, 0.6) is 5.75 Å². The molecule has 1 fully saturated rings. The van der Waals surface area contributed by atoms with E-state index in [1.165, 1.54) is 17.9 Å². The van der Waals surface area contributed by atoms with Crippen molar-refractivity contribution in [2.24, 2.45) is 5.92 Å². The van der Waals surface area contributed by atoms with Gasteiger partial charge in [-0.05, 0) is 43.0 Å². The number of hydrogen-bond acceptors (Lipinski definition) is 6. The van der Waals surface area contributed by atoms with Crippen LogP contribution in [0.25, 0.3) is 5.78 Å². The molecule has 10 heteroatoms. The summed E-state index contributed by atoms with van der Waals surface area (Å²) in [5.74, 6) is 1.79. The number of nitrogens with one attached hydrogen (secondary N) is 1. The van der Waals surface area contributed by atoms with Crippen molar-refractivity contribution in [1.82, 2.24) is 19.2 Å². The van der Waals surface area contributed by atoms with Gasteiger partial charge in [-0.25, -0.2) is 13.9 Å². The Morgan fingerprint density at radius 2 is 2.20 bits per heavy atom. The first kappa shape index (κ1) is 20.2. The van der Waals surface area contributed by atoms with Crippen molar-refractivity contribution >= 4 is 34.8 Å². The fourth-order valence-corrected chi connectivity index (χ4v) is 3.91. The number of methoxy groups -OCH3 is 1. The lowest BCUT2D eigenvalue weighted by Crippen LogP contribution is -2.34. The molecule has 1 atom stereocenters. The summed E-state index contributed by atoms with van der Waals surface area (Å²) in [7, 11) is 1.51. The lowest BCUT2D eigenvalue weighted by atomic mass is 10.0. The van der Waals surface area contributed by atoms with Crippen molar-refractivity contribution in [3.8, 4) is 5.75 Å². The largest absolute Gasteiger partial charge is 0.495 e. The standard InChI is InChI=1S/C20H23ClN6O3/c1-13-4-3-8-25(11-13)17-7-9-26-19(23-17)24-27(20(26)29)12-18(28)22-14-5-6-16(30-2)15(21)10-14/h5-7,9-10,13H,3-4,8,11-12H2,1-2H3,(H,22,28). The summed E-state index contributed by atoms with van der Waals surface area (Å²) < 4.78 is 7.54. The number of amides is 1. The molecule has 30 heavy (non-hydrogen) atoms. The molecule has 1 aliphatic rings. The van der Waals surface area contributed by atoms with Crippen molar-refractivity contribution < 1.29 is 9.53 Å². The van der Waals surface area contributed by atoms with E-state index < -0.39 is 11.6 Å². The minimum atomic E-state index is -0.418. The Morgan fingerprint density at radius 3 is 2.93 bits per heavy atom. The molecule has 3 heterocycles. The van der Waals surface area contributed by atoms with Crippen LogP contribution in [0.1, 0.15) is 19.8 Å². The number of fused-ring (bicyclic) bond motifs is 1. The van der Waals surface area contributed by atoms with Gasteiger partial charge in [0.1, 0.15) is 18.1 Å². The highest BCUT2D eigenvalue weighted by Gasteiger charge is 2.19. The zero-order valence-corrected chi connectivity index (χ0v) is 17.6. The van der Waals surface area contributed by atoms with Crippen LogP contribution in [-0.2, 0) is 11.3 Å². The summed E-state index contributed by atoms with van der Waals surface area (Å²) in [6.45, 7) is 3.85. The first-order chi connectivity index (χ1) is 14.4. The molecule has 2 aromatic heterocycles. The van der Waals surface area contributed by atoms with E-state index in [9.17, 15) is 9.59 Å². The monoisotopic (exact) mass is 430 g/mol. The molecule has 3 aromatic rings. The zero-order valence-electron chi connectivity index (χ0n) is 16.8. The minimum Gasteiger partial charge on any atom is -0.495 e. The number of aromatic nitrogens is 4. The van der Waals surface area contributed by atoms with Gasteiger partial charge in [-0.1, -0.05) is 18.5 Å². The molecule has 0 saturated carbocycles. The van der Waals surface area contributed by atoms with Crippen molar-refractivity contribution in [1.29, 1.82) is 0 Å². The van der Waals surface area contributed by atoms with E-state index in [1.54, 1.807) is 24.4 Å². The molecule has 0 aliphatic carbocycles. The maximum atomic E-state index is 12.6. The average Bonchev–Trinajstić information content (AvgIpc) is 3.03. The van der Waals surface area contributed by atoms with E-state index in [-0.39, 0.29) is 12.3 Å². The number of benzene rings is 1. The third-order valence-electron chi connectivity index (χ3n) is 5.15. The van der Waals surface area contributed by atoms with Crippen molar-refractivity contribution in [2.75, 3.05) is 30.4 Å². The van der Waals surface area contributed by atoms with E-state index in [2.05, 4.69) is 27.2 Å². The minimum absolute atomic E-state index is 0.234. The van der Waals surface area contributed by atoms with Crippen LogP contribution in [0.4, 0.5) is 11.5 Å². The first-order valence-corrected chi connectivity index (χ1v) is 10.2. The molecule has 158 valence electrons. The van der Waals surface area contributed by atoms with Gasteiger partial charge in [0.25, 0.3) is 5.78 Å². The lowest BCUT2D eigenvalue weighted by molar-refractivity contribution is -0.117. The van der Waals surface area contributed by atoms with E-state index in [1.807, 2.05) is 6.07 Å². The van der Waals surface area contributed by atoms with Gasteiger partial charge in [-0.15, -0.1) is 5.10 Å². The molecule has 1 saturated heterocycles. The van der Waals surface area contributed by atoms with E-state index in [0.29, 0.717) is 22.4 Å². The highest BCUT2D eigenvalue weighted by molar-refractivity contribution is 6.32. The molecular formula is C20H23ClN6O3. The molecule has 1 amide bonds. The number of carbonyl (C=O) groups is 1. The highest BCUT2D eigenvalue weighted by atomic mass is 35.5. The Morgan fingerprint density at radius 1 is 1.37 bits per heavy atom. The maximum absolute atomic E-state index is 12.6. The molecular weight excluding hydrogens is 408 g/mol. The van der Waals surface area contributed by atoms with Crippen LogP contribution in [0.15, 0.2) is 35.3 Å². The quantitative estimate of drug-likeness (QED) is 0.668. The smallest absolute Gasteiger partial charge is 0.352 e. The summed E-state index contributed by atoms with van der Waals surface area (Å²) in [6, 6.07) is 6.72. The van der Waals surface area contributed by atoms with E-state index >= 15 is 0 Å². The van der Waals surface area contributed by atoms with Crippen molar-refractivity contribution in [3.63, 3.8) is 0 Å². The Kier molecular flexibility index (Phi) is 5.63. The molecule has 0 bridgehead atoms. The molecule has 1 aromatic carbocycles. The Bertz CT molecular complexity index is 1140. The highest BCUT2D eigenvalue weighted by Crippen LogP contribution is 2.27. The average molecular weight is 431 g/mol. The second kappa shape index (κ2) is 8.35. The maximum Gasteiger partial charge on any atom is 0.352 e. The second-order valence-corrected chi connectivity index (χ2v) is 7.89. The number of hydrogen-bond donors (Lipinski definition) is 1. The van der Waals surface area contributed by atoms with Gasteiger partial charge in [-0.2, -0.15) is 4.98 Å². The number of ether oxygens (including phenoxy) is 1. The predicted molar refractivity (Wildman–Crippen MR) is 114 cm³/mol. The molecule has 4 rings (SSSR count). The van der Waals surface area contributed by atoms with Crippen LogP contribution < -0.4 is 20.6 Å². The van der Waals surface area contributed by atoms with Crippen molar-refractivity contribution in [2.45, 2.75) is 26.3 Å². The molecule has 1 unspecified atom stereocenters.